The molecule has 3 heteroatoms. The quantitative estimate of drug-likeness (QED) is 0.788. The second-order valence-corrected chi connectivity index (χ2v) is 4.89. The Kier molecular flexibility index (Phi) is 3.35. The van der Waals surface area contributed by atoms with Crippen molar-refractivity contribution in [1.29, 1.82) is 0 Å². The first-order valence-corrected chi connectivity index (χ1v) is 6.67. The van der Waals surface area contributed by atoms with E-state index in [4.69, 9.17) is 5.73 Å². The summed E-state index contributed by atoms with van der Waals surface area (Å²) < 4.78 is 1.89. The van der Waals surface area contributed by atoms with Crippen molar-refractivity contribution in [3.05, 3.63) is 83.7 Å². The Morgan fingerprint density at radius 1 is 0.950 bits per heavy atom. The van der Waals surface area contributed by atoms with Crippen LogP contribution in [0.1, 0.15) is 22.9 Å². The van der Waals surface area contributed by atoms with Gasteiger partial charge < -0.3 is 5.73 Å². The van der Waals surface area contributed by atoms with Gasteiger partial charge in [0.2, 0.25) is 0 Å². The molecule has 0 aliphatic rings. The number of para-hydroxylation sites is 1. The largest absolute Gasteiger partial charge is 0.319 e. The van der Waals surface area contributed by atoms with E-state index in [0.29, 0.717) is 0 Å². The van der Waals surface area contributed by atoms with Crippen LogP contribution in [0.4, 0.5) is 0 Å². The Balaban J connectivity index is 1.99. The smallest absolute Gasteiger partial charge is 0.0727 e. The van der Waals surface area contributed by atoms with Crippen LogP contribution >= 0.6 is 0 Å². The fourth-order valence-electron chi connectivity index (χ4n) is 2.28. The lowest BCUT2D eigenvalue weighted by Gasteiger charge is -2.15. The van der Waals surface area contributed by atoms with E-state index in [2.05, 4.69) is 36.3 Å². The molecule has 2 N–H and O–H groups in total. The van der Waals surface area contributed by atoms with Crippen LogP contribution < -0.4 is 5.73 Å². The van der Waals surface area contributed by atoms with Crippen LogP contribution in [0.2, 0.25) is 0 Å². The average Bonchev–Trinajstić information content (AvgIpc) is 2.97. The first-order valence-electron chi connectivity index (χ1n) is 6.67. The van der Waals surface area contributed by atoms with Crippen molar-refractivity contribution in [3.63, 3.8) is 0 Å². The lowest BCUT2D eigenvalue weighted by atomic mass is 10.0. The number of nitrogens with zero attached hydrogens (tertiary/aromatic N) is 2. The first-order chi connectivity index (χ1) is 9.75. The summed E-state index contributed by atoms with van der Waals surface area (Å²) in [5.74, 6) is 0. The van der Waals surface area contributed by atoms with Crippen LogP contribution in [0.5, 0.6) is 0 Å². The normalized spacial score (nSPS) is 12.3. The highest BCUT2D eigenvalue weighted by Gasteiger charge is 2.14. The predicted octanol–water partition coefficient (Wildman–Crippen LogP) is 3.23. The Hall–Kier alpha value is -2.39. The van der Waals surface area contributed by atoms with Crippen molar-refractivity contribution >= 4 is 0 Å². The second-order valence-electron chi connectivity index (χ2n) is 4.89. The molecule has 3 nitrogen and oxygen atoms in total. The summed E-state index contributed by atoms with van der Waals surface area (Å²) in [7, 11) is 0. The van der Waals surface area contributed by atoms with Gasteiger partial charge in [0.05, 0.1) is 17.4 Å². The van der Waals surface area contributed by atoms with E-state index in [9.17, 15) is 0 Å². The molecule has 0 radical (unpaired) electrons. The van der Waals surface area contributed by atoms with E-state index in [1.165, 1.54) is 5.56 Å². The Morgan fingerprint density at radius 2 is 1.65 bits per heavy atom. The van der Waals surface area contributed by atoms with Gasteiger partial charge in [-0.3, -0.25) is 0 Å². The fourth-order valence-corrected chi connectivity index (χ4v) is 2.28. The third kappa shape index (κ3) is 2.36. The van der Waals surface area contributed by atoms with E-state index in [1.54, 1.807) is 6.20 Å². The number of benzene rings is 2. The maximum atomic E-state index is 6.39. The summed E-state index contributed by atoms with van der Waals surface area (Å²) in [6.07, 6.45) is 1.79. The van der Waals surface area contributed by atoms with Gasteiger partial charge in [-0.05, 0) is 30.7 Å². The van der Waals surface area contributed by atoms with Gasteiger partial charge in [-0.1, -0.05) is 48.0 Å². The van der Waals surface area contributed by atoms with Gasteiger partial charge in [-0.2, -0.15) is 5.10 Å². The van der Waals surface area contributed by atoms with Gasteiger partial charge in [0, 0.05) is 6.20 Å². The van der Waals surface area contributed by atoms with Crippen LogP contribution in [0.3, 0.4) is 0 Å². The zero-order valence-electron chi connectivity index (χ0n) is 11.4. The van der Waals surface area contributed by atoms with Gasteiger partial charge in [0.25, 0.3) is 0 Å². The standard InChI is InChI=1S/C17H17N3/c1-13-7-9-14(10-8-13)17(18)16-11-12-19-20(16)15-5-3-2-4-6-15/h2-12,17H,18H2,1H3. The fraction of sp³-hybridized carbons (Fsp3) is 0.118. The molecule has 0 aliphatic heterocycles. The van der Waals surface area contributed by atoms with E-state index < -0.39 is 0 Å². The van der Waals surface area contributed by atoms with Crippen molar-refractivity contribution in [1.82, 2.24) is 9.78 Å². The summed E-state index contributed by atoms with van der Waals surface area (Å²) in [6.45, 7) is 2.07. The van der Waals surface area contributed by atoms with Crippen LogP contribution in [-0.2, 0) is 0 Å². The molecule has 1 atom stereocenters. The van der Waals surface area contributed by atoms with Gasteiger partial charge >= 0.3 is 0 Å². The molecule has 0 saturated carbocycles. The molecule has 1 unspecified atom stereocenters. The molecule has 1 aromatic heterocycles. The van der Waals surface area contributed by atoms with Gasteiger partial charge in [-0.25, -0.2) is 4.68 Å². The number of aryl methyl sites for hydroxylation is 1. The van der Waals surface area contributed by atoms with Crippen LogP contribution in [0.25, 0.3) is 5.69 Å². The first kappa shape index (κ1) is 12.6. The second kappa shape index (κ2) is 5.31. The molecule has 0 fully saturated rings. The summed E-state index contributed by atoms with van der Waals surface area (Å²) in [5.41, 5.74) is 10.7. The lowest BCUT2D eigenvalue weighted by molar-refractivity contribution is 0.739. The molecule has 0 spiro atoms. The number of nitrogens with two attached hydrogens (primary N) is 1. The average molecular weight is 263 g/mol. The zero-order chi connectivity index (χ0) is 13.9. The molecule has 0 amide bonds. The molecule has 0 saturated heterocycles. The summed E-state index contributed by atoms with van der Waals surface area (Å²) in [4.78, 5) is 0. The van der Waals surface area contributed by atoms with Crippen molar-refractivity contribution < 1.29 is 0 Å². The summed E-state index contributed by atoms with van der Waals surface area (Å²) >= 11 is 0. The Morgan fingerprint density at radius 3 is 2.35 bits per heavy atom. The number of hydrogen-bond donors (Lipinski definition) is 1. The van der Waals surface area contributed by atoms with Gasteiger partial charge in [0.1, 0.15) is 0 Å². The molecule has 2 aromatic carbocycles. The summed E-state index contributed by atoms with van der Waals surface area (Å²) in [6, 6.07) is 20.1. The van der Waals surface area contributed by atoms with Crippen LogP contribution in [0.15, 0.2) is 66.9 Å². The topological polar surface area (TPSA) is 43.8 Å². The van der Waals surface area contributed by atoms with E-state index in [1.807, 2.05) is 41.1 Å². The van der Waals surface area contributed by atoms with Crippen molar-refractivity contribution in [2.24, 2.45) is 5.73 Å². The molecule has 0 aliphatic carbocycles. The van der Waals surface area contributed by atoms with Crippen molar-refractivity contribution in [2.45, 2.75) is 13.0 Å². The maximum Gasteiger partial charge on any atom is 0.0727 e. The summed E-state index contributed by atoms with van der Waals surface area (Å²) in [5, 5.41) is 4.39. The van der Waals surface area contributed by atoms with Crippen LogP contribution in [0, 0.1) is 6.92 Å². The predicted molar refractivity (Wildman–Crippen MR) is 80.8 cm³/mol. The molecule has 1 heterocycles. The Bertz CT molecular complexity index is 684. The molecular formula is C17H17N3. The third-order valence-corrected chi connectivity index (χ3v) is 3.43. The van der Waals surface area contributed by atoms with Crippen LogP contribution in [-0.4, -0.2) is 9.78 Å². The van der Waals surface area contributed by atoms with Gasteiger partial charge in [-0.15, -0.1) is 0 Å². The number of aromatic nitrogens is 2. The Labute approximate surface area is 118 Å². The minimum absolute atomic E-state index is 0.182. The SMILES string of the molecule is Cc1ccc(C(N)c2ccnn2-c2ccccc2)cc1. The minimum atomic E-state index is -0.182. The van der Waals surface area contributed by atoms with E-state index in [0.717, 1.165) is 16.9 Å². The highest BCUT2D eigenvalue weighted by atomic mass is 15.3. The van der Waals surface area contributed by atoms with Gasteiger partial charge in [0.15, 0.2) is 0 Å². The highest BCUT2D eigenvalue weighted by molar-refractivity contribution is 5.36. The van der Waals surface area contributed by atoms with Crippen molar-refractivity contribution in [2.75, 3.05) is 0 Å². The monoisotopic (exact) mass is 263 g/mol. The molecule has 0 bridgehead atoms. The third-order valence-electron chi connectivity index (χ3n) is 3.43. The number of hydrogen-bond acceptors (Lipinski definition) is 2. The lowest BCUT2D eigenvalue weighted by Crippen LogP contribution is -2.16. The zero-order valence-corrected chi connectivity index (χ0v) is 11.4. The molecule has 20 heavy (non-hydrogen) atoms. The van der Waals surface area contributed by atoms with E-state index >= 15 is 0 Å². The maximum absolute atomic E-state index is 6.39. The molecule has 100 valence electrons. The van der Waals surface area contributed by atoms with Crippen molar-refractivity contribution in [3.8, 4) is 5.69 Å². The van der Waals surface area contributed by atoms with E-state index in [-0.39, 0.29) is 6.04 Å². The molecule has 3 rings (SSSR count). The highest BCUT2D eigenvalue weighted by Crippen LogP contribution is 2.22. The minimum Gasteiger partial charge on any atom is -0.319 e. The number of rotatable bonds is 3. The molecular weight excluding hydrogens is 246 g/mol. The molecule has 3 aromatic rings.